The van der Waals surface area contributed by atoms with Gasteiger partial charge in [0.2, 0.25) is 0 Å². The molecule has 5 heteroatoms. The summed E-state index contributed by atoms with van der Waals surface area (Å²) in [5.41, 5.74) is 3.92. The zero-order valence-electron chi connectivity index (χ0n) is 10.3. The molecule has 1 aromatic rings. The highest BCUT2D eigenvalue weighted by Crippen LogP contribution is 2.32. The summed E-state index contributed by atoms with van der Waals surface area (Å²) in [5.74, 6) is 7.19. The first kappa shape index (κ1) is 12.2. The van der Waals surface area contributed by atoms with Crippen molar-refractivity contribution < 1.29 is 9.47 Å². The average Bonchev–Trinajstić information content (AvgIpc) is 2.35. The van der Waals surface area contributed by atoms with E-state index in [0.717, 1.165) is 23.6 Å². The third-order valence-corrected chi connectivity index (χ3v) is 2.72. The highest BCUT2D eigenvalue weighted by atomic mass is 16.6. The van der Waals surface area contributed by atoms with E-state index in [9.17, 15) is 0 Å². The molecule has 94 valence electrons. The van der Waals surface area contributed by atoms with Gasteiger partial charge in [-0.15, -0.1) is 0 Å². The molecule has 1 aliphatic rings. The van der Waals surface area contributed by atoms with Gasteiger partial charge < -0.3 is 14.4 Å². The topological polar surface area (TPSA) is 59.8 Å². The molecule has 3 N–H and O–H groups in total. The second-order valence-corrected chi connectivity index (χ2v) is 4.38. The van der Waals surface area contributed by atoms with E-state index < -0.39 is 0 Å². The van der Waals surface area contributed by atoms with Gasteiger partial charge in [0.25, 0.3) is 0 Å². The van der Waals surface area contributed by atoms with Crippen molar-refractivity contribution in [2.45, 2.75) is 6.04 Å². The Balaban J connectivity index is 2.19. The van der Waals surface area contributed by atoms with Crippen LogP contribution in [0.25, 0.3) is 0 Å². The smallest absolute Gasteiger partial charge is 0.161 e. The van der Waals surface area contributed by atoms with Crippen LogP contribution in [-0.4, -0.2) is 38.8 Å². The van der Waals surface area contributed by atoms with E-state index in [4.69, 9.17) is 15.3 Å². The van der Waals surface area contributed by atoms with Crippen LogP contribution in [-0.2, 0) is 0 Å². The maximum Gasteiger partial charge on any atom is 0.161 e. The number of fused-ring (bicyclic) bond motifs is 1. The van der Waals surface area contributed by atoms with Gasteiger partial charge in [-0.05, 0) is 31.8 Å². The number of hydrogen-bond donors (Lipinski definition) is 2. The maximum absolute atomic E-state index is 5.58. The molecule has 0 spiro atoms. The molecule has 5 nitrogen and oxygen atoms in total. The minimum absolute atomic E-state index is 0.0841. The number of hydrogen-bond acceptors (Lipinski definition) is 5. The standard InChI is InChI=1S/C12H19N3O2/c1-15(2)8-10(14-13)9-3-4-11-12(7-9)17-6-5-16-11/h3-4,7,10,14H,5-6,8,13H2,1-2H3. The molecule has 0 saturated heterocycles. The van der Waals surface area contributed by atoms with Crippen molar-refractivity contribution >= 4 is 0 Å². The van der Waals surface area contributed by atoms with Crippen molar-refractivity contribution in [3.63, 3.8) is 0 Å². The van der Waals surface area contributed by atoms with Crippen LogP contribution in [0.2, 0.25) is 0 Å². The molecule has 0 amide bonds. The van der Waals surface area contributed by atoms with Crippen LogP contribution >= 0.6 is 0 Å². The summed E-state index contributed by atoms with van der Waals surface area (Å²) < 4.78 is 11.0. The average molecular weight is 237 g/mol. The predicted molar refractivity (Wildman–Crippen MR) is 66.1 cm³/mol. The van der Waals surface area contributed by atoms with Crippen LogP contribution < -0.4 is 20.7 Å². The van der Waals surface area contributed by atoms with Crippen molar-refractivity contribution in [1.29, 1.82) is 0 Å². The first-order chi connectivity index (χ1) is 8.20. The Morgan fingerprint density at radius 3 is 2.65 bits per heavy atom. The summed E-state index contributed by atoms with van der Waals surface area (Å²) in [5, 5.41) is 0. The highest BCUT2D eigenvalue weighted by molar-refractivity contribution is 5.44. The first-order valence-electron chi connectivity index (χ1n) is 5.71. The van der Waals surface area contributed by atoms with Gasteiger partial charge in [0.1, 0.15) is 13.2 Å². The van der Waals surface area contributed by atoms with Crippen molar-refractivity contribution in [2.24, 2.45) is 5.84 Å². The first-order valence-corrected chi connectivity index (χ1v) is 5.71. The van der Waals surface area contributed by atoms with Gasteiger partial charge in [0.05, 0.1) is 6.04 Å². The van der Waals surface area contributed by atoms with Crippen molar-refractivity contribution in [2.75, 3.05) is 33.9 Å². The quantitative estimate of drug-likeness (QED) is 0.590. The molecule has 1 aromatic carbocycles. The monoisotopic (exact) mass is 237 g/mol. The molecule has 1 heterocycles. The lowest BCUT2D eigenvalue weighted by atomic mass is 10.1. The van der Waals surface area contributed by atoms with E-state index in [1.807, 2.05) is 32.3 Å². The van der Waals surface area contributed by atoms with Crippen LogP contribution in [0, 0.1) is 0 Å². The number of benzene rings is 1. The molecule has 17 heavy (non-hydrogen) atoms. The fraction of sp³-hybridized carbons (Fsp3) is 0.500. The van der Waals surface area contributed by atoms with Crippen LogP contribution in [0.15, 0.2) is 18.2 Å². The Bertz CT molecular complexity index is 382. The molecule has 0 fully saturated rings. The van der Waals surface area contributed by atoms with Gasteiger partial charge in [0.15, 0.2) is 11.5 Å². The summed E-state index contributed by atoms with van der Waals surface area (Å²) in [7, 11) is 4.03. The minimum Gasteiger partial charge on any atom is -0.486 e. The van der Waals surface area contributed by atoms with Gasteiger partial charge in [0, 0.05) is 6.54 Å². The van der Waals surface area contributed by atoms with E-state index in [2.05, 4.69) is 10.3 Å². The molecule has 0 bridgehead atoms. The van der Waals surface area contributed by atoms with E-state index in [1.165, 1.54) is 0 Å². The number of ether oxygens (including phenoxy) is 2. The number of rotatable bonds is 4. The lowest BCUT2D eigenvalue weighted by molar-refractivity contribution is 0.171. The third-order valence-electron chi connectivity index (χ3n) is 2.72. The summed E-state index contributed by atoms with van der Waals surface area (Å²) in [6, 6.07) is 6.02. The number of nitrogens with zero attached hydrogens (tertiary/aromatic N) is 1. The molecule has 0 saturated carbocycles. The fourth-order valence-electron chi connectivity index (χ4n) is 1.90. The molecular formula is C12H19N3O2. The van der Waals surface area contributed by atoms with Crippen LogP contribution in [0.5, 0.6) is 11.5 Å². The van der Waals surface area contributed by atoms with Gasteiger partial charge in [-0.3, -0.25) is 11.3 Å². The zero-order chi connectivity index (χ0) is 12.3. The fourth-order valence-corrected chi connectivity index (χ4v) is 1.90. The molecule has 0 radical (unpaired) electrons. The van der Waals surface area contributed by atoms with E-state index in [1.54, 1.807) is 0 Å². The lowest BCUT2D eigenvalue weighted by Crippen LogP contribution is -2.35. The van der Waals surface area contributed by atoms with Crippen LogP contribution in [0.4, 0.5) is 0 Å². The van der Waals surface area contributed by atoms with Crippen molar-refractivity contribution in [3.8, 4) is 11.5 Å². The van der Waals surface area contributed by atoms with Gasteiger partial charge in [-0.2, -0.15) is 0 Å². The summed E-state index contributed by atoms with van der Waals surface area (Å²) in [6.07, 6.45) is 0. The summed E-state index contributed by atoms with van der Waals surface area (Å²) in [4.78, 5) is 2.08. The Labute approximate surface area is 101 Å². The van der Waals surface area contributed by atoms with Gasteiger partial charge in [-0.25, -0.2) is 0 Å². The normalized spacial score (nSPS) is 16.0. The maximum atomic E-state index is 5.58. The number of likely N-dealkylation sites (N-methyl/N-ethyl adjacent to an activating group) is 1. The second-order valence-electron chi connectivity index (χ2n) is 4.38. The molecule has 1 aliphatic heterocycles. The molecule has 1 unspecified atom stereocenters. The number of nitrogens with one attached hydrogen (secondary N) is 1. The third kappa shape index (κ3) is 2.88. The Hall–Kier alpha value is -1.30. The lowest BCUT2D eigenvalue weighted by Gasteiger charge is -2.23. The largest absolute Gasteiger partial charge is 0.486 e. The Kier molecular flexibility index (Phi) is 3.83. The SMILES string of the molecule is CN(C)CC(NN)c1ccc2c(c1)OCCO2. The Morgan fingerprint density at radius 2 is 2.00 bits per heavy atom. The van der Waals surface area contributed by atoms with E-state index >= 15 is 0 Å². The molecular weight excluding hydrogens is 218 g/mol. The molecule has 0 aromatic heterocycles. The van der Waals surface area contributed by atoms with Crippen molar-refractivity contribution in [3.05, 3.63) is 23.8 Å². The highest BCUT2D eigenvalue weighted by Gasteiger charge is 2.16. The van der Waals surface area contributed by atoms with Gasteiger partial charge >= 0.3 is 0 Å². The van der Waals surface area contributed by atoms with Gasteiger partial charge in [-0.1, -0.05) is 6.07 Å². The summed E-state index contributed by atoms with van der Waals surface area (Å²) in [6.45, 7) is 2.05. The summed E-state index contributed by atoms with van der Waals surface area (Å²) >= 11 is 0. The van der Waals surface area contributed by atoms with E-state index in [0.29, 0.717) is 13.2 Å². The van der Waals surface area contributed by atoms with Crippen molar-refractivity contribution in [1.82, 2.24) is 10.3 Å². The van der Waals surface area contributed by atoms with E-state index in [-0.39, 0.29) is 6.04 Å². The number of hydrazine groups is 1. The predicted octanol–water partition coefficient (Wildman–Crippen LogP) is 0.524. The zero-order valence-corrected chi connectivity index (χ0v) is 10.3. The minimum atomic E-state index is 0.0841. The molecule has 1 atom stereocenters. The second kappa shape index (κ2) is 5.35. The Morgan fingerprint density at radius 1 is 1.29 bits per heavy atom. The van der Waals surface area contributed by atoms with Crippen LogP contribution in [0.1, 0.15) is 11.6 Å². The molecule has 0 aliphatic carbocycles. The van der Waals surface area contributed by atoms with Crippen LogP contribution in [0.3, 0.4) is 0 Å². The number of nitrogens with two attached hydrogens (primary N) is 1. The molecule has 2 rings (SSSR count).